The molecule has 5 aromatic rings. The molecule has 1 aliphatic heterocycles. The average Bonchev–Trinajstić information content (AvgIpc) is 3.12. The Morgan fingerprint density at radius 1 is 0.480 bits per heavy atom. The van der Waals surface area contributed by atoms with Crippen molar-refractivity contribution in [2.75, 3.05) is 4.90 Å². The van der Waals surface area contributed by atoms with E-state index in [4.69, 9.17) is 0 Å². The van der Waals surface area contributed by atoms with E-state index in [0.29, 0.717) is 0 Å². The Hall–Kier alpha value is -3.75. The predicted octanol–water partition coefficient (Wildman–Crippen LogP) is 13.4. The van der Waals surface area contributed by atoms with Gasteiger partial charge in [-0.1, -0.05) is 106 Å². The van der Waals surface area contributed by atoms with Gasteiger partial charge >= 0.3 is 0 Å². The number of hydrogen-bond acceptors (Lipinski definition) is 2. The van der Waals surface area contributed by atoms with Crippen LogP contribution in [-0.4, -0.2) is 0 Å². The van der Waals surface area contributed by atoms with Crippen molar-refractivity contribution in [3.63, 3.8) is 0 Å². The minimum Gasteiger partial charge on any atom is -0.310 e. The molecule has 0 saturated heterocycles. The van der Waals surface area contributed by atoms with Crippen molar-refractivity contribution >= 4 is 28.8 Å². The van der Waals surface area contributed by atoms with E-state index in [1.165, 1.54) is 94.1 Å². The van der Waals surface area contributed by atoms with Crippen LogP contribution in [0.15, 0.2) is 125 Å². The van der Waals surface area contributed by atoms with Gasteiger partial charge in [0.05, 0.1) is 0 Å². The molecule has 11 rings (SSSR count). The van der Waals surface area contributed by atoms with E-state index < -0.39 is 0 Å². The van der Waals surface area contributed by atoms with E-state index in [1.807, 2.05) is 11.8 Å². The highest BCUT2D eigenvalue weighted by atomic mass is 32.2. The van der Waals surface area contributed by atoms with Gasteiger partial charge in [0.15, 0.2) is 0 Å². The second-order valence-corrected chi connectivity index (χ2v) is 18.8. The van der Waals surface area contributed by atoms with Gasteiger partial charge < -0.3 is 4.90 Å². The molecule has 0 N–H and O–H groups in total. The van der Waals surface area contributed by atoms with Gasteiger partial charge in [-0.05, 0) is 161 Å². The molecule has 4 bridgehead atoms. The average molecular weight is 672 g/mol. The zero-order valence-electron chi connectivity index (χ0n) is 30.1. The van der Waals surface area contributed by atoms with Crippen molar-refractivity contribution in [3.8, 4) is 11.1 Å². The van der Waals surface area contributed by atoms with Crippen LogP contribution < -0.4 is 4.90 Å². The Labute approximate surface area is 303 Å². The third kappa shape index (κ3) is 4.59. The lowest BCUT2D eigenvalue weighted by Gasteiger charge is -2.63. The SMILES string of the molecule is CC1(C)CCC(C)(C)c2cc(-c3ccc(N(c4ccccc4)c4ccc5c(c4)C4(c6ccccc6S5)C5CC6CC(C5)CC4C6)cc3)ccc21. The third-order valence-electron chi connectivity index (χ3n) is 14.0. The minimum absolute atomic E-state index is 0.127. The monoisotopic (exact) mass is 671 g/mol. The van der Waals surface area contributed by atoms with Crippen LogP contribution in [0, 0.1) is 23.7 Å². The number of hydrogen-bond donors (Lipinski definition) is 0. The Bertz CT molecular complexity index is 2080. The summed E-state index contributed by atoms with van der Waals surface area (Å²) >= 11 is 2.00. The second kappa shape index (κ2) is 11.1. The highest BCUT2D eigenvalue weighted by Gasteiger charge is 2.60. The predicted molar refractivity (Wildman–Crippen MR) is 210 cm³/mol. The fraction of sp³-hybridized carbons (Fsp3) is 0.375. The van der Waals surface area contributed by atoms with Gasteiger partial charge in [-0.2, -0.15) is 0 Å². The van der Waals surface area contributed by atoms with E-state index in [9.17, 15) is 0 Å². The van der Waals surface area contributed by atoms with E-state index in [2.05, 4.69) is 148 Å². The van der Waals surface area contributed by atoms with Crippen LogP contribution in [0.4, 0.5) is 17.1 Å². The normalized spacial score (nSPS) is 27.8. The van der Waals surface area contributed by atoms with Crippen molar-refractivity contribution in [2.24, 2.45) is 23.7 Å². The van der Waals surface area contributed by atoms with Gasteiger partial charge in [-0.25, -0.2) is 0 Å². The van der Waals surface area contributed by atoms with Crippen molar-refractivity contribution in [2.45, 2.75) is 98.7 Å². The summed E-state index contributed by atoms with van der Waals surface area (Å²) in [6.45, 7) is 9.68. The molecule has 252 valence electrons. The van der Waals surface area contributed by atoms with Crippen LogP contribution in [0.3, 0.4) is 0 Å². The fourth-order valence-electron chi connectivity index (χ4n) is 11.6. The van der Waals surface area contributed by atoms with Crippen LogP contribution >= 0.6 is 11.8 Å². The number of rotatable bonds is 4. The molecule has 0 atom stereocenters. The first kappa shape index (κ1) is 31.0. The smallest absolute Gasteiger partial charge is 0.0465 e. The first-order valence-corrected chi connectivity index (χ1v) is 20.0. The van der Waals surface area contributed by atoms with Crippen molar-refractivity contribution in [1.29, 1.82) is 0 Å². The van der Waals surface area contributed by atoms with Gasteiger partial charge in [0.2, 0.25) is 0 Å². The van der Waals surface area contributed by atoms with E-state index >= 15 is 0 Å². The van der Waals surface area contributed by atoms with Crippen LogP contribution in [0.5, 0.6) is 0 Å². The van der Waals surface area contributed by atoms with Gasteiger partial charge in [-0.15, -0.1) is 0 Å². The first-order valence-electron chi connectivity index (χ1n) is 19.2. The summed E-state index contributed by atoms with van der Waals surface area (Å²) in [5, 5.41) is 0. The molecular formula is C48H49NS. The molecule has 0 radical (unpaired) electrons. The lowest BCUT2D eigenvalue weighted by molar-refractivity contribution is -0.0443. The van der Waals surface area contributed by atoms with Gasteiger partial charge in [-0.3, -0.25) is 0 Å². The van der Waals surface area contributed by atoms with Crippen LogP contribution in [0.25, 0.3) is 11.1 Å². The minimum atomic E-state index is 0.127. The zero-order valence-corrected chi connectivity index (χ0v) is 30.9. The molecule has 0 amide bonds. The topological polar surface area (TPSA) is 3.24 Å². The Kier molecular flexibility index (Phi) is 6.90. The highest BCUT2D eigenvalue weighted by Crippen LogP contribution is 2.69. The van der Waals surface area contributed by atoms with E-state index in [-0.39, 0.29) is 16.2 Å². The molecule has 5 aliphatic carbocycles. The molecule has 4 saturated carbocycles. The third-order valence-corrected chi connectivity index (χ3v) is 15.1. The van der Waals surface area contributed by atoms with Crippen molar-refractivity contribution in [1.82, 2.24) is 0 Å². The van der Waals surface area contributed by atoms with Gasteiger partial charge in [0.25, 0.3) is 0 Å². The summed E-state index contributed by atoms with van der Waals surface area (Å²) in [6, 6.07) is 44.6. The molecule has 4 fully saturated rings. The molecule has 1 spiro atoms. The fourth-order valence-corrected chi connectivity index (χ4v) is 12.8. The second-order valence-electron chi connectivity index (χ2n) is 17.7. The molecule has 0 unspecified atom stereocenters. The standard InChI is InChI=1S/C48H49NS/c1-46(2)22-23-47(3,4)42-29-34(16-20-40(42)46)33-14-17-38(18-15-33)49(37-10-6-5-7-11-37)39-19-21-45-43(30-39)48(41-12-8-9-13-44(41)50-45)35-25-31-24-32(27-35)28-36(48)26-31/h5-21,29-32,35-36H,22-28H2,1-4H3. The molecular weight excluding hydrogens is 623 g/mol. The van der Waals surface area contributed by atoms with Crippen LogP contribution in [-0.2, 0) is 16.2 Å². The number of para-hydroxylation sites is 1. The van der Waals surface area contributed by atoms with E-state index in [1.54, 1.807) is 11.1 Å². The molecule has 0 aromatic heterocycles. The Balaban J connectivity index is 1.08. The Morgan fingerprint density at radius 3 is 1.78 bits per heavy atom. The maximum atomic E-state index is 2.62. The molecule has 5 aromatic carbocycles. The highest BCUT2D eigenvalue weighted by molar-refractivity contribution is 7.99. The quantitative estimate of drug-likeness (QED) is 0.187. The van der Waals surface area contributed by atoms with Crippen LogP contribution in [0.2, 0.25) is 0 Å². The maximum absolute atomic E-state index is 2.62. The lowest BCUT2D eigenvalue weighted by Crippen LogP contribution is -2.57. The molecule has 50 heavy (non-hydrogen) atoms. The van der Waals surface area contributed by atoms with Gasteiger partial charge in [0.1, 0.15) is 0 Å². The largest absolute Gasteiger partial charge is 0.310 e. The summed E-state index contributed by atoms with van der Waals surface area (Å²) in [5.74, 6) is 3.35. The van der Waals surface area contributed by atoms with E-state index in [0.717, 1.165) is 23.7 Å². The zero-order chi connectivity index (χ0) is 33.8. The summed E-state index contributed by atoms with van der Waals surface area (Å²) in [5.41, 5.74) is 13.1. The molecule has 1 heterocycles. The Morgan fingerprint density at radius 2 is 1.06 bits per heavy atom. The first-order chi connectivity index (χ1) is 24.2. The number of benzene rings is 5. The van der Waals surface area contributed by atoms with Crippen LogP contribution in [0.1, 0.15) is 94.9 Å². The van der Waals surface area contributed by atoms with Crippen molar-refractivity contribution < 1.29 is 0 Å². The maximum Gasteiger partial charge on any atom is 0.0465 e. The summed E-state index contributed by atoms with van der Waals surface area (Å²) < 4.78 is 0. The lowest BCUT2D eigenvalue weighted by atomic mass is 9.42. The summed E-state index contributed by atoms with van der Waals surface area (Å²) in [7, 11) is 0. The summed E-state index contributed by atoms with van der Waals surface area (Å²) in [4.78, 5) is 5.46. The number of nitrogens with zero attached hydrogens (tertiary/aromatic N) is 1. The van der Waals surface area contributed by atoms with Crippen molar-refractivity contribution in [3.05, 3.63) is 138 Å². The molecule has 6 aliphatic rings. The number of fused-ring (bicyclic) bond motifs is 3. The number of anilines is 3. The summed E-state index contributed by atoms with van der Waals surface area (Å²) in [6.07, 6.45) is 9.55. The molecule has 1 nitrogen and oxygen atoms in total. The van der Waals surface area contributed by atoms with Gasteiger partial charge in [0, 0.05) is 32.3 Å². The molecule has 2 heteroatoms.